The molecule has 1 saturated heterocycles. The van der Waals surface area contributed by atoms with Crippen LogP contribution in [-0.2, 0) is 38.3 Å². The van der Waals surface area contributed by atoms with Crippen LogP contribution in [0.5, 0.6) is 0 Å². The van der Waals surface area contributed by atoms with Crippen molar-refractivity contribution in [2.45, 2.75) is 218 Å². The first kappa shape index (κ1) is 52.6. The van der Waals surface area contributed by atoms with Crippen LogP contribution in [0.15, 0.2) is 24.3 Å². The summed E-state index contributed by atoms with van der Waals surface area (Å²) in [7, 11) is -5.06. The molecule has 13 heteroatoms. The van der Waals surface area contributed by atoms with E-state index in [-0.39, 0.29) is 19.6 Å². The Kier molecular flexibility index (Phi) is 33.4. The summed E-state index contributed by atoms with van der Waals surface area (Å²) in [4.78, 5) is 12.8. The third-order valence-electron chi connectivity index (χ3n) is 10.1. The zero-order valence-electron chi connectivity index (χ0n) is 34.9. The minimum absolute atomic E-state index is 0.0339. The normalized spacial score (nSPS) is 21.0. The lowest BCUT2D eigenvalue weighted by Gasteiger charge is -2.41. The standard InChI is InChI=1S/C43H80O12S/c1-3-5-7-9-11-13-15-17-18-19-21-23-25-27-29-31-33-51-35-37(36-52-43-41(47)42(55-56(48,49)50)40(46)38(34-44)54-43)53-39(45)32-30-28-26-24-22-20-16-14-12-10-8-6-4-2/h8,10,14,16,37-38,40-44,46-47H,3-7,9,11-13,15,17-36H2,1-2H3,(H,48,49,50)/b10-8-,16-14-. The van der Waals surface area contributed by atoms with Gasteiger partial charge in [-0.1, -0.05) is 160 Å². The molecule has 0 aliphatic carbocycles. The lowest BCUT2D eigenvalue weighted by Crippen LogP contribution is -2.60. The van der Waals surface area contributed by atoms with Crippen LogP contribution in [0.1, 0.15) is 181 Å². The van der Waals surface area contributed by atoms with E-state index >= 15 is 0 Å². The van der Waals surface area contributed by atoms with E-state index in [1.54, 1.807) is 0 Å². The highest BCUT2D eigenvalue weighted by Crippen LogP contribution is 2.26. The summed E-state index contributed by atoms with van der Waals surface area (Å²) >= 11 is 0. The smallest absolute Gasteiger partial charge is 0.397 e. The molecule has 0 spiro atoms. The first-order valence-corrected chi connectivity index (χ1v) is 23.5. The van der Waals surface area contributed by atoms with Crippen LogP contribution in [0, 0.1) is 0 Å². The Morgan fingerprint density at radius 3 is 1.77 bits per heavy atom. The minimum atomic E-state index is -5.06. The van der Waals surface area contributed by atoms with Gasteiger partial charge in [-0.2, -0.15) is 8.42 Å². The van der Waals surface area contributed by atoms with E-state index in [1.165, 1.54) is 89.9 Å². The van der Waals surface area contributed by atoms with Crippen molar-refractivity contribution in [2.75, 3.05) is 26.4 Å². The molecule has 12 nitrogen and oxygen atoms in total. The van der Waals surface area contributed by atoms with E-state index in [0.29, 0.717) is 13.0 Å². The average Bonchev–Trinajstić information content (AvgIpc) is 3.17. The van der Waals surface area contributed by atoms with Gasteiger partial charge in [-0.05, 0) is 38.5 Å². The van der Waals surface area contributed by atoms with Gasteiger partial charge >= 0.3 is 16.4 Å². The maximum atomic E-state index is 12.8. The molecule has 1 heterocycles. The maximum absolute atomic E-state index is 12.8. The molecule has 1 aliphatic heterocycles. The van der Waals surface area contributed by atoms with Crippen LogP contribution in [0.25, 0.3) is 0 Å². The molecule has 1 rings (SSSR count). The van der Waals surface area contributed by atoms with Gasteiger partial charge in [-0.3, -0.25) is 9.35 Å². The largest absolute Gasteiger partial charge is 0.457 e. The number of rotatable bonds is 38. The van der Waals surface area contributed by atoms with E-state index in [2.05, 4.69) is 42.3 Å². The fraction of sp³-hybridized carbons (Fsp3) is 0.884. The molecule has 56 heavy (non-hydrogen) atoms. The number of esters is 1. The molecule has 0 bridgehead atoms. The summed E-state index contributed by atoms with van der Waals surface area (Å²) < 4.78 is 59.0. The third-order valence-corrected chi connectivity index (χ3v) is 10.5. The van der Waals surface area contributed by atoms with Crippen molar-refractivity contribution in [3.05, 3.63) is 24.3 Å². The lowest BCUT2D eigenvalue weighted by atomic mass is 9.99. The van der Waals surface area contributed by atoms with E-state index in [1.807, 2.05) is 0 Å². The van der Waals surface area contributed by atoms with Crippen LogP contribution < -0.4 is 0 Å². The quantitative estimate of drug-likeness (QED) is 0.0202. The van der Waals surface area contributed by atoms with Gasteiger partial charge in [-0.15, -0.1) is 0 Å². The molecule has 330 valence electrons. The van der Waals surface area contributed by atoms with Crippen LogP contribution in [-0.4, -0.2) is 97.5 Å². The number of hydrogen-bond acceptors (Lipinski definition) is 11. The number of aliphatic hydroxyl groups excluding tert-OH is 3. The highest BCUT2D eigenvalue weighted by molar-refractivity contribution is 7.80. The topological polar surface area (TPSA) is 178 Å². The summed E-state index contributed by atoms with van der Waals surface area (Å²) in [6.45, 7) is 3.92. The van der Waals surface area contributed by atoms with Crippen molar-refractivity contribution >= 4 is 16.4 Å². The molecule has 0 aromatic rings. The Hall–Kier alpha value is -1.42. The van der Waals surface area contributed by atoms with Crippen LogP contribution in [0.3, 0.4) is 0 Å². The van der Waals surface area contributed by atoms with Gasteiger partial charge in [0.15, 0.2) is 6.29 Å². The van der Waals surface area contributed by atoms with Crippen molar-refractivity contribution in [2.24, 2.45) is 0 Å². The Morgan fingerprint density at radius 2 is 1.21 bits per heavy atom. The van der Waals surface area contributed by atoms with Crippen LogP contribution in [0.4, 0.5) is 0 Å². The van der Waals surface area contributed by atoms with E-state index < -0.39 is 59.8 Å². The van der Waals surface area contributed by atoms with Crippen molar-refractivity contribution in [1.29, 1.82) is 0 Å². The van der Waals surface area contributed by atoms with Crippen molar-refractivity contribution in [1.82, 2.24) is 0 Å². The molecule has 6 atom stereocenters. The number of unbranched alkanes of at least 4 members (excludes halogenated alkanes) is 21. The molecule has 0 aromatic heterocycles. The van der Waals surface area contributed by atoms with Crippen LogP contribution >= 0.6 is 0 Å². The highest BCUT2D eigenvalue weighted by atomic mass is 32.3. The summed E-state index contributed by atoms with van der Waals surface area (Å²) in [5, 5.41) is 30.6. The average molecular weight is 821 g/mol. The lowest BCUT2D eigenvalue weighted by molar-refractivity contribution is -0.301. The predicted octanol–water partition coefficient (Wildman–Crippen LogP) is 8.85. The fourth-order valence-corrected chi connectivity index (χ4v) is 7.22. The van der Waals surface area contributed by atoms with Gasteiger partial charge < -0.3 is 34.3 Å². The fourth-order valence-electron chi connectivity index (χ4n) is 6.71. The number of aliphatic hydroxyl groups is 3. The number of hydrogen-bond donors (Lipinski definition) is 4. The second kappa shape index (κ2) is 35.5. The molecule has 0 radical (unpaired) electrons. The Bertz CT molecular complexity index is 1080. The highest BCUT2D eigenvalue weighted by Gasteiger charge is 2.48. The summed E-state index contributed by atoms with van der Waals surface area (Å²) in [5.41, 5.74) is 0. The summed E-state index contributed by atoms with van der Waals surface area (Å²) in [5.74, 6) is -0.412. The van der Waals surface area contributed by atoms with E-state index in [0.717, 1.165) is 64.2 Å². The molecule has 1 fully saturated rings. The molecule has 1 aliphatic rings. The SMILES string of the molecule is CCC/C=C\C/C=C\CCCCCCCC(=O)OC(COCCCCCCCCCCCCCCCCCC)COC1OC(CO)C(O)C(OS(=O)(=O)O)C1O. The second-order valence-corrected chi connectivity index (χ2v) is 16.3. The van der Waals surface area contributed by atoms with Crippen molar-refractivity contribution < 1.29 is 56.2 Å². The van der Waals surface area contributed by atoms with Gasteiger partial charge in [0.2, 0.25) is 0 Å². The van der Waals surface area contributed by atoms with Gasteiger partial charge in [0.25, 0.3) is 0 Å². The molecular formula is C43H80O12S. The molecule has 0 amide bonds. The zero-order valence-corrected chi connectivity index (χ0v) is 35.8. The predicted molar refractivity (Wildman–Crippen MR) is 221 cm³/mol. The van der Waals surface area contributed by atoms with Crippen molar-refractivity contribution in [3.63, 3.8) is 0 Å². The Morgan fingerprint density at radius 1 is 0.679 bits per heavy atom. The van der Waals surface area contributed by atoms with E-state index in [4.69, 9.17) is 23.5 Å². The van der Waals surface area contributed by atoms with Gasteiger partial charge in [0.05, 0.1) is 19.8 Å². The van der Waals surface area contributed by atoms with Crippen LogP contribution in [0.2, 0.25) is 0 Å². The molecule has 4 N–H and O–H groups in total. The van der Waals surface area contributed by atoms with Gasteiger partial charge in [-0.25, -0.2) is 4.18 Å². The summed E-state index contributed by atoms with van der Waals surface area (Å²) in [6, 6.07) is 0. The molecule has 0 aromatic carbocycles. The third kappa shape index (κ3) is 28.9. The molecule has 6 unspecified atom stereocenters. The monoisotopic (exact) mass is 821 g/mol. The molecule has 0 saturated carbocycles. The summed E-state index contributed by atoms with van der Waals surface area (Å²) in [6.07, 6.45) is 29.3. The number of carbonyl (C=O) groups is 1. The number of allylic oxidation sites excluding steroid dienone is 4. The minimum Gasteiger partial charge on any atom is -0.457 e. The first-order chi connectivity index (χ1) is 27.1. The van der Waals surface area contributed by atoms with E-state index in [9.17, 15) is 28.5 Å². The van der Waals surface area contributed by atoms with Crippen molar-refractivity contribution in [3.8, 4) is 0 Å². The maximum Gasteiger partial charge on any atom is 0.397 e. The number of carbonyl (C=O) groups excluding carboxylic acids is 1. The van der Waals surface area contributed by atoms with Gasteiger partial charge in [0.1, 0.15) is 30.5 Å². The second-order valence-electron chi connectivity index (χ2n) is 15.3. The Labute approximate surface area is 340 Å². The zero-order chi connectivity index (χ0) is 41.1. The Balaban J connectivity index is 2.44. The number of ether oxygens (including phenoxy) is 4. The molecular weight excluding hydrogens is 741 g/mol. The first-order valence-electron chi connectivity index (χ1n) is 22.1. The van der Waals surface area contributed by atoms with Gasteiger partial charge in [0, 0.05) is 13.0 Å².